The maximum Gasteiger partial charge on any atom is 0.374 e. The van der Waals surface area contributed by atoms with Crippen LogP contribution < -0.4 is 0 Å². The van der Waals surface area contributed by atoms with Crippen LogP contribution in [-0.2, 0) is 11.3 Å². The van der Waals surface area contributed by atoms with Gasteiger partial charge in [0.05, 0.1) is 13.2 Å². The largest absolute Gasteiger partial charge is 0.460 e. The Morgan fingerprint density at radius 3 is 3.00 bits per heavy atom. The first-order chi connectivity index (χ1) is 10.7. The summed E-state index contributed by atoms with van der Waals surface area (Å²) in [5.74, 6) is -0.295. The normalized spacial score (nSPS) is 10.5. The second kappa shape index (κ2) is 5.69. The number of carbonyl (C=O) groups excluding carboxylic acids is 1. The van der Waals surface area contributed by atoms with E-state index >= 15 is 0 Å². The van der Waals surface area contributed by atoms with Crippen LogP contribution in [-0.4, -0.2) is 27.3 Å². The van der Waals surface area contributed by atoms with Gasteiger partial charge in [0.25, 0.3) is 5.82 Å². The highest BCUT2D eigenvalue weighted by Gasteiger charge is 2.22. The van der Waals surface area contributed by atoms with Gasteiger partial charge in [-0.1, -0.05) is 18.2 Å². The first kappa shape index (κ1) is 13.8. The van der Waals surface area contributed by atoms with E-state index < -0.39 is 5.97 Å². The number of hydrogen-bond acceptors (Lipinski definition) is 6. The molecule has 7 heteroatoms. The van der Waals surface area contributed by atoms with E-state index in [9.17, 15) is 4.79 Å². The van der Waals surface area contributed by atoms with Crippen molar-refractivity contribution in [2.24, 2.45) is 0 Å². The molecule has 3 aromatic rings. The Labute approximate surface area is 125 Å². The SMILES string of the molecule is CCOC(=O)c1oc2ccccc2c1Cn1cnc(C#N)n1. The minimum absolute atomic E-state index is 0.0745. The van der Waals surface area contributed by atoms with Crippen molar-refractivity contribution in [1.29, 1.82) is 5.26 Å². The van der Waals surface area contributed by atoms with E-state index in [0.29, 0.717) is 11.1 Å². The first-order valence-corrected chi connectivity index (χ1v) is 6.70. The molecule has 0 radical (unpaired) electrons. The van der Waals surface area contributed by atoms with Crippen molar-refractivity contribution >= 4 is 16.9 Å². The fourth-order valence-corrected chi connectivity index (χ4v) is 2.20. The number of carbonyl (C=O) groups is 1. The number of nitriles is 1. The number of ether oxygens (including phenoxy) is 1. The van der Waals surface area contributed by atoms with E-state index in [1.807, 2.05) is 24.3 Å². The molecule has 0 aliphatic rings. The maximum absolute atomic E-state index is 12.1. The fourth-order valence-electron chi connectivity index (χ4n) is 2.20. The van der Waals surface area contributed by atoms with Gasteiger partial charge in [-0.3, -0.25) is 0 Å². The zero-order chi connectivity index (χ0) is 15.5. The summed E-state index contributed by atoms with van der Waals surface area (Å²) in [6, 6.07) is 9.19. The lowest BCUT2D eigenvalue weighted by molar-refractivity contribution is 0.0490. The highest BCUT2D eigenvalue weighted by Crippen LogP contribution is 2.27. The Hall–Kier alpha value is -3.14. The average molecular weight is 296 g/mol. The van der Waals surface area contributed by atoms with Crippen molar-refractivity contribution < 1.29 is 13.9 Å². The molecule has 22 heavy (non-hydrogen) atoms. The molecule has 1 aromatic carbocycles. The maximum atomic E-state index is 12.1. The minimum Gasteiger partial charge on any atom is -0.460 e. The number of nitrogens with zero attached hydrogens (tertiary/aromatic N) is 4. The molecule has 0 spiro atoms. The van der Waals surface area contributed by atoms with Gasteiger partial charge < -0.3 is 9.15 Å². The Morgan fingerprint density at radius 2 is 2.27 bits per heavy atom. The number of esters is 1. The van der Waals surface area contributed by atoms with E-state index in [2.05, 4.69) is 10.1 Å². The summed E-state index contributed by atoms with van der Waals surface area (Å²) in [4.78, 5) is 15.9. The molecule has 0 aliphatic carbocycles. The predicted octanol–water partition coefficient (Wildman–Crippen LogP) is 2.12. The van der Waals surface area contributed by atoms with Crippen LogP contribution >= 0.6 is 0 Å². The summed E-state index contributed by atoms with van der Waals surface area (Å²) in [6.07, 6.45) is 1.44. The molecule has 0 saturated heterocycles. The Balaban J connectivity index is 2.07. The highest BCUT2D eigenvalue weighted by molar-refractivity contribution is 5.96. The second-order valence-electron chi connectivity index (χ2n) is 4.50. The summed E-state index contributed by atoms with van der Waals surface area (Å²) in [5.41, 5.74) is 1.25. The van der Waals surface area contributed by atoms with Crippen molar-refractivity contribution in [1.82, 2.24) is 14.8 Å². The van der Waals surface area contributed by atoms with Gasteiger partial charge in [-0.25, -0.2) is 14.5 Å². The van der Waals surface area contributed by atoms with Gasteiger partial charge >= 0.3 is 5.97 Å². The molecule has 0 N–H and O–H groups in total. The van der Waals surface area contributed by atoms with Gasteiger partial charge in [0.2, 0.25) is 5.76 Å². The predicted molar refractivity (Wildman–Crippen MR) is 76.0 cm³/mol. The van der Waals surface area contributed by atoms with E-state index in [-0.39, 0.29) is 24.7 Å². The molecule has 0 fully saturated rings. The van der Waals surface area contributed by atoms with Crippen LogP contribution in [0.4, 0.5) is 0 Å². The summed E-state index contributed by atoms with van der Waals surface area (Å²) in [5, 5.41) is 13.6. The number of aromatic nitrogens is 3. The molecular weight excluding hydrogens is 284 g/mol. The topological polar surface area (TPSA) is 93.9 Å². The number of rotatable bonds is 4. The summed E-state index contributed by atoms with van der Waals surface area (Å²) in [7, 11) is 0. The van der Waals surface area contributed by atoms with Crippen LogP contribution in [0.1, 0.15) is 28.9 Å². The first-order valence-electron chi connectivity index (χ1n) is 6.70. The molecule has 0 aliphatic heterocycles. The molecule has 2 aromatic heterocycles. The molecular formula is C15H12N4O3. The summed E-state index contributed by atoms with van der Waals surface area (Å²) < 4.78 is 12.1. The lowest BCUT2D eigenvalue weighted by atomic mass is 10.1. The molecule has 2 heterocycles. The molecule has 0 bridgehead atoms. The zero-order valence-corrected chi connectivity index (χ0v) is 11.8. The lowest BCUT2D eigenvalue weighted by Gasteiger charge is -2.03. The van der Waals surface area contributed by atoms with Crippen LogP contribution in [0.15, 0.2) is 35.0 Å². The van der Waals surface area contributed by atoms with Gasteiger partial charge in [0.1, 0.15) is 18.0 Å². The van der Waals surface area contributed by atoms with Gasteiger partial charge in [-0.15, -0.1) is 5.10 Å². The fraction of sp³-hybridized carbons (Fsp3) is 0.200. The number of furan rings is 1. The van der Waals surface area contributed by atoms with E-state index in [1.165, 1.54) is 11.0 Å². The second-order valence-corrected chi connectivity index (χ2v) is 4.50. The molecule has 0 unspecified atom stereocenters. The van der Waals surface area contributed by atoms with Crippen molar-refractivity contribution in [3.8, 4) is 6.07 Å². The average Bonchev–Trinajstić information content (AvgIpc) is 3.13. The van der Waals surface area contributed by atoms with Crippen molar-refractivity contribution in [3.05, 3.63) is 47.7 Å². The van der Waals surface area contributed by atoms with Gasteiger partial charge in [0, 0.05) is 10.9 Å². The monoisotopic (exact) mass is 296 g/mol. The van der Waals surface area contributed by atoms with Crippen LogP contribution in [0, 0.1) is 11.3 Å². The Bertz CT molecular complexity index is 872. The summed E-state index contributed by atoms with van der Waals surface area (Å²) >= 11 is 0. The van der Waals surface area contributed by atoms with Crippen molar-refractivity contribution in [2.45, 2.75) is 13.5 Å². The molecule has 110 valence electrons. The molecule has 0 amide bonds. The molecule has 0 saturated carbocycles. The number of fused-ring (bicyclic) bond motifs is 1. The quantitative estimate of drug-likeness (QED) is 0.684. The highest BCUT2D eigenvalue weighted by atomic mass is 16.5. The standard InChI is InChI=1S/C15H12N4O3/c1-2-21-15(20)14-11(8-19-9-17-13(7-16)18-19)10-5-3-4-6-12(10)22-14/h3-6,9H,2,8H2,1H3. The molecule has 0 atom stereocenters. The minimum atomic E-state index is -0.519. The lowest BCUT2D eigenvalue weighted by Crippen LogP contribution is -2.09. The van der Waals surface area contributed by atoms with Gasteiger partial charge in [0.15, 0.2) is 0 Å². The smallest absolute Gasteiger partial charge is 0.374 e. The van der Waals surface area contributed by atoms with Crippen LogP contribution in [0.5, 0.6) is 0 Å². The van der Waals surface area contributed by atoms with Crippen LogP contribution in [0.3, 0.4) is 0 Å². The third-order valence-corrected chi connectivity index (χ3v) is 3.12. The van der Waals surface area contributed by atoms with Crippen molar-refractivity contribution in [3.63, 3.8) is 0 Å². The number of benzene rings is 1. The van der Waals surface area contributed by atoms with Crippen LogP contribution in [0.25, 0.3) is 11.0 Å². The third kappa shape index (κ3) is 2.42. The Kier molecular flexibility index (Phi) is 3.58. The van der Waals surface area contributed by atoms with Crippen molar-refractivity contribution in [2.75, 3.05) is 6.61 Å². The van der Waals surface area contributed by atoms with Crippen LogP contribution in [0.2, 0.25) is 0 Å². The van der Waals surface area contributed by atoms with E-state index in [0.717, 1.165) is 5.39 Å². The van der Waals surface area contributed by atoms with Gasteiger partial charge in [-0.2, -0.15) is 5.26 Å². The third-order valence-electron chi connectivity index (χ3n) is 3.12. The summed E-state index contributed by atoms with van der Waals surface area (Å²) in [6.45, 7) is 2.26. The van der Waals surface area contributed by atoms with E-state index in [1.54, 1.807) is 13.0 Å². The molecule has 7 nitrogen and oxygen atoms in total. The number of para-hydroxylation sites is 1. The molecule has 3 rings (SSSR count). The zero-order valence-electron chi connectivity index (χ0n) is 11.8. The number of hydrogen-bond donors (Lipinski definition) is 0. The Morgan fingerprint density at radius 1 is 1.45 bits per heavy atom. The van der Waals surface area contributed by atoms with Gasteiger partial charge in [-0.05, 0) is 13.0 Å². The van der Waals surface area contributed by atoms with E-state index in [4.69, 9.17) is 14.4 Å².